The molecule has 4 heteroatoms. The molecular formula is C15H14N2O2. The Kier molecular flexibility index (Phi) is 2.03. The fourth-order valence-corrected chi connectivity index (χ4v) is 3.78. The number of nitrogens with zero attached hydrogens (tertiary/aromatic N) is 2. The van der Waals surface area contributed by atoms with Crippen molar-refractivity contribution in [3.8, 4) is 0 Å². The molecule has 3 aliphatic rings. The van der Waals surface area contributed by atoms with Crippen molar-refractivity contribution in [1.82, 2.24) is 4.98 Å². The largest absolute Gasteiger partial charge is 0.274 e. The maximum atomic E-state index is 12.5. The lowest BCUT2D eigenvalue weighted by Gasteiger charge is -2.16. The molecule has 0 spiro atoms. The van der Waals surface area contributed by atoms with E-state index in [4.69, 9.17) is 0 Å². The van der Waals surface area contributed by atoms with E-state index in [1.807, 2.05) is 19.1 Å². The quantitative estimate of drug-likeness (QED) is 0.566. The Morgan fingerprint density at radius 3 is 2.32 bits per heavy atom. The van der Waals surface area contributed by atoms with E-state index in [0.29, 0.717) is 5.82 Å². The van der Waals surface area contributed by atoms with Crippen LogP contribution in [0.1, 0.15) is 12.1 Å². The van der Waals surface area contributed by atoms with Gasteiger partial charge in [0.25, 0.3) is 0 Å². The van der Waals surface area contributed by atoms with Crippen LogP contribution in [0.3, 0.4) is 0 Å². The summed E-state index contributed by atoms with van der Waals surface area (Å²) in [4.78, 5) is 30.7. The Bertz CT molecular complexity index is 592. The van der Waals surface area contributed by atoms with Crippen molar-refractivity contribution in [1.29, 1.82) is 0 Å². The number of allylic oxidation sites excluding steroid dienone is 2. The molecule has 0 unspecified atom stereocenters. The van der Waals surface area contributed by atoms with Crippen LogP contribution in [-0.4, -0.2) is 16.8 Å². The second-order valence-electron chi connectivity index (χ2n) is 5.65. The van der Waals surface area contributed by atoms with Gasteiger partial charge in [0.05, 0.1) is 11.8 Å². The van der Waals surface area contributed by atoms with Gasteiger partial charge in [-0.3, -0.25) is 9.59 Å². The molecule has 4 nitrogen and oxygen atoms in total. The normalized spacial score (nSPS) is 35.3. The SMILES string of the molecule is Cc1cccc(N2C(=O)[C@@H]3[C@H](C2=O)[C@H]2C=C[C@H]3C2)n1. The molecule has 1 aliphatic heterocycles. The van der Waals surface area contributed by atoms with E-state index in [1.54, 1.807) is 6.07 Å². The summed E-state index contributed by atoms with van der Waals surface area (Å²) in [7, 11) is 0. The van der Waals surface area contributed by atoms with E-state index in [9.17, 15) is 9.59 Å². The highest BCUT2D eigenvalue weighted by Crippen LogP contribution is 2.52. The highest BCUT2D eigenvalue weighted by atomic mass is 16.2. The molecular weight excluding hydrogens is 240 g/mol. The summed E-state index contributed by atoms with van der Waals surface area (Å²) < 4.78 is 0. The fraction of sp³-hybridized carbons (Fsp3) is 0.400. The van der Waals surface area contributed by atoms with Crippen LogP contribution in [0.5, 0.6) is 0 Å². The summed E-state index contributed by atoms with van der Waals surface area (Å²) in [6, 6.07) is 5.43. The molecule has 1 aromatic heterocycles. The van der Waals surface area contributed by atoms with Crippen LogP contribution in [0.25, 0.3) is 0 Å². The van der Waals surface area contributed by atoms with Crippen molar-refractivity contribution >= 4 is 17.6 Å². The maximum absolute atomic E-state index is 12.5. The van der Waals surface area contributed by atoms with Crippen molar-refractivity contribution in [2.75, 3.05) is 4.90 Å². The standard InChI is InChI=1S/C15H14N2O2/c1-8-3-2-4-11(16-8)17-14(18)12-9-5-6-10(7-9)13(12)15(17)19/h2-6,9-10,12-13H,7H2,1H3/t9-,10-,12-,13+/m0/s1. The third-order valence-corrected chi connectivity index (χ3v) is 4.57. The minimum absolute atomic E-state index is 0.0649. The van der Waals surface area contributed by atoms with Gasteiger partial charge in [0.2, 0.25) is 11.8 Å². The molecule has 2 amide bonds. The third kappa shape index (κ3) is 1.31. The van der Waals surface area contributed by atoms with Crippen LogP contribution in [0, 0.1) is 30.6 Å². The zero-order chi connectivity index (χ0) is 13.1. The lowest BCUT2D eigenvalue weighted by atomic mass is 9.85. The molecule has 2 aliphatic carbocycles. The molecule has 4 atom stereocenters. The summed E-state index contributed by atoms with van der Waals surface area (Å²) in [6.45, 7) is 1.86. The number of anilines is 1. The fourth-order valence-electron chi connectivity index (χ4n) is 3.78. The Morgan fingerprint density at radius 2 is 1.74 bits per heavy atom. The number of fused-ring (bicyclic) bond motifs is 5. The van der Waals surface area contributed by atoms with E-state index < -0.39 is 0 Å². The van der Waals surface area contributed by atoms with E-state index in [1.165, 1.54) is 4.90 Å². The number of pyridine rings is 1. The number of hydrogen-bond acceptors (Lipinski definition) is 3. The zero-order valence-electron chi connectivity index (χ0n) is 10.6. The van der Waals surface area contributed by atoms with Gasteiger partial charge in [-0.05, 0) is 37.3 Å². The van der Waals surface area contributed by atoms with E-state index >= 15 is 0 Å². The molecule has 1 aromatic rings. The van der Waals surface area contributed by atoms with Gasteiger partial charge in [-0.15, -0.1) is 0 Å². The first-order valence-corrected chi connectivity index (χ1v) is 6.66. The smallest absolute Gasteiger partial charge is 0.239 e. The monoisotopic (exact) mass is 254 g/mol. The van der Waals surface area contributed by atoms with E-state index in [-0.39, 0.29) is 35.5 Å². The van der Waals surface area contributed by atoms with E-state index in [0.717, 1.165) is 12.1 Å². The summed E-state index contributed by atoms with van der Waals surface area (Å²) in [5, 5.41) is 0. The number of rotatable bonds is 1. The number of hydrogen-bond donors (Lipinski definition) is 0. The number of carbonyl (C=O) groups is 2. The van der Waals surface area contributed by atoms with Gasteiger partial charge < -0.3 is 0 Å². The minimum Gasteiger partial charge on any atom is -0.274 e. The summed E-state index contributed by atoms with van der Waals surface area (Å²) in [6.07, 6.45) is 5.16. The molecule has 19 heavy (non-hydrogen) atoms. The zero-order valence-corrected chi connectivity index (χ0v) is 10.6. The van der Waals surface area contributed by atoms with Gasteiger partial charge in [-0.2, -0.15) is 0 Å². The number of amides is 2. The van der Waals surface area contributed by atoms with Crippen LogP contribution < -0.4 is 4.90 Å². The second kappa shape index (κ2) is 3.53. The van der Waals surface area contributed by atoms with Gasteiger partial charge in [0, 0.05) is 5.69 Å². The van der Waals surface area contributed by atoms with Crippen LogP contribution in [0.15, 0.2) is 30.4 Å². The van der Waals surface area contributed by atoms with Crippen LogP contribution in [-0.2, 0) is 9.59 Å². The first-order valence-electron chi connectivity index (χ1n) is 6.66. The van der Waals surface area contributed by atoms with Crippen LogP contribution >= 0.6 is 0 Å². The topological polar surface area (TPSA) is 50.3 Å². The highest BCUT2D eigenvalue weighted by molar-refractivity contribution is 6.22. The third-order valence-electron chi connectivity index (χ3n) is 4.57. The second-order valence-corrected chi connectivity index (χ2v) is 5.65. The van der Waals surface area contributed by atoms with Gasteiger partial charge in [0.1, 0.15) is 5.82 Å². The molecule has 0 radical (unpaired) electrons. The average molecular weight is 254 g/mol. The lowest BCUT2D eigenvalue weighted by molar-refractivity contribution is -0.123. The van der Waals surface area contributed by atoms with E-state index in [2.05, 4.69) is 17.1 Å². The summed E-state index contributed by atoms with van der Waals surface area (Å²) >= 11 is 0. The number of aromatic nitrogens is 1. The van der Waals surface area contributed by atoms with Gasteiger partial charge in [-0.25, -0.2) is 9.88 Å². The lowest BCUT2D eigenvalue weighted by Crippen LogP contribution is -2.33. The predicted molar refractivity (Wildman–Crippen MR) is 69.2 cm³/mol. The van der Waals surface area contributed by atoms with Gasteiger partial charge in [-0.1, -0.05) is 18.2 Å². The Hall–Kier alpha value is -1.97. The first-order chi connectivity index (χ1) is 9.16. The van der Waals surface area contributed by atoms with Gasteiger partial charge in [0.15, 0.2) is 0 Å². The summed E-state index contributed by atoms with van der Waals surface area (Å²) in [5.74, 6) is 0.552. The van der Waals surface area contributed by atoms with Crippen LogP contribution in [0.2, 0.25) is 0 Å². The van der Waals surface area contributed by atoms with Crippen molar-refractivity contribution in [3.63, 3.8) is 0 Å². The molecule has 1 saturated carbocycles. The Balaban J connectivity index is 1.77. The van der Waals surface area contributed by atoms with Crippen molar-refractivity contribution in [2.24, 2.45) is 23.7 Å². The first kappa shape index (κ1) is 10.9. The molecule has 96 valence electrons. The average Bonchev–Trinajstić information content (AvgIpc) is 3.04. The van der Waals surface area contributed by atoms with Crippen molar-refractivity contribution < 1.29 is 9.59 Å². The minimum atomic E-state index is -0.148. The highest BCUT2D eigenvalue weighted by Gasteiger charge is 2.59. The summed E-state index contributed by atoms with van der Waals surface area (Å²) in [5.41, 5.74) is 0.816. The van der Waals surface area contributed by atoms with Crippen molar-refractivity contribution in [3.05, 3.63) is 36.0 Å². The molecule has 1 saturated heterocycles. The molecule has 2 bridgehead atoms. The van der Waals surface area contributed by atoms with Crippen LogP contribution in [0.4, 0.5) is 5.82 Å². The molecule has 2 heterocycles. The number of carbonyl (C=O) groups excluding carboxylic acids is 2. The predicted octanol–water partition coefficient (Wildman–Crippen LogP) is 1.70. The van der Waals surface area contributed by atoms with Gasteiger partial charge >= 0.3 is 0 Å². The number of aryl methyl sites for hydroxylation is 1. The molecule has 2 fully saturated rings. The maximum Gasteiger partial charge on any atom is 0.239 e. The molecule has 0 aromatic carbocycles. The Morgan fingerprint density at radius 1 is 1.11 bits per heavy atom. The van der Waals surface area contributed by atoms with Crippen molar-refractivity contribution in [2.45, 2.75) is 13.3 Å². The number of imide groups is 1. The molecule has 0 N–H and O–H groups in total. The molecule has 4 rings (SSSR count). The Labute approximate surface area is 111 Å².